The second kappa shape index (κ2) is 5.50. The van der Waals surface area contributed by atoms with Gasteiger partial charge in [-0.1, -0.05) is 19.4 Å². The highest BCUT2D eigenvalue weighted by Crippen LogP contribution is 2.66. The number of carbonyl (C=O) groups is 2. The zero-order chi connectivity index (χ0) is 18.1. The molecule has 8 atom stereocenters. The van der Waals surface area contributed by atoms with Crippen molar-refractivity contribution in [2.24, 2.45) is 34.5 Å². The number of allylic oxidation sites excluding steroid dienone is 1. The van der Waals surface area contributed by atoms with E-state index in [0.717, 1.165) is 19.3 Å². The number of hydrogen-bond acceptors (Lipinski definition) is 4. The van der Waals surface area contributed by atoms with E-state index >= 15 is 0 Å². The molecule has 4 aliphatic carbocycles. The lowest BCUT2D eigenvalue weighted by molar-refractivity contribution is -0.157. The van der Waals surface area contributed by atoms with Gasteiger partial charge >= 0.3 is 0 Å². The number of Topliss-reactive ketones (excluding diaryl/α,β-unsaturated/α-hetero) is 1. The smallest absolute Gasteiger partial charge is 0.155 e. The first kappa shape index (κ1) is 17.4. The van der Waals surface area contributed by atoms with E-state index in [4.69, 9.17) is 0 Å². The second-order valence-corrected chi connectivity index (χ2v) is 9.47. The fraction of sp³-hybridized carbons (Fsp3) is 0.810. The van der Waals surface area contributed by atoms with Gasteiger partial charge in [0.2, 0.25) is 0 Å². The zero-order valence-electron chi connectivity index (χ0n) is 15.5. The van der Waals surface area contributed by atoms with Crippen molar-refractivity contribution in [3.8, 4) is 0 Å². The van der Waals surface area contributed by atoms with Gasteiger partial charge in [-0.2, -0.15) is 0 Å². The zero-order valence-corrected chi connectivity index (χ0v) is 15.5. The number of rotatable bonds is 1. The molecule has 25 heavy (non-hydrogen) atoms. The number of carbonyl (C=O) groups excluding carboxylic acids is 2. The Hall–Kier alpha value is -1.00. The van der Waals surface area contributed by atoms with Crippen LogP contribution in [0.5, 0.6) is 0 Å². The van der Waals surface area contributed by atoms with E-state index in [2.05, 4.69) is 6.92 Å². The molecule has 0 heterocycles. The molecule has 0 bridgehead atoms. The lowest BCUT2D eigenvalue weighted by Gasteiger charge is -2.59. The summed E-state index contributed by atoms with van der Waals surface area (Å²) in [6, 6.07) is 0. The van der Waals surface area contributed by atoms with E-state index in [9.17, 15) is 19.8 Å². The van der Waals surface area contributed by atoms with Crippen molar-refractivity contribution in [2.45, 2.75) is 71.5 Å². The third kappa shape index (κ3) is 2.19. The maximum Gasteiger partial charge on any atom is 0.155 e. The largest absolute Gasteiger partial charge is 0.393 e. The van der Waals surface area contributed by atoms with Crippen LogP contribution in [0.25, 0.3) is 0 Å². The van der Waals surface area contributed by atoms with Gasteiger partial charge in [0.1, 0.15) is 5.78 Å². The highest BCUT2D eigenvalue weighted by atomic mass is 16.3. The molecule has 3 saturated carbocycles. The molecular weight excluding hydrogens is 316 g/mol. The molecule has 4 rings (SSSR count). The van der Waals surface area contributed by atoms with Crippen LogP contribution in [-0.2, 0) is 9.59 Å². The van der Waals surface area contributed by atoms with Crippen molar-refractivity contribution in [1.29, 1.82) is 0 Å². The van der Waals surface area contributed by atoms with Gasteiger partial charge in [-0.25, -0.2) is 0 Å². The summed E-state index contributed by atoms with van der Waals surface area (Å²) in [7, 11) is 0. The predicted octanol–water partition coefficient (Wildman–Crippen LogP) is 2.67. The summed E-state index contributed by atoms with van der Waals surface area (Å²) in [6.45, 7) is 5.87. The Kier molecular flexibility index (Phi) is 3.83. The lowest BCUT2D eigenvalue weighted by Crippen LogP contribution is -2.58. The van der Waals surface area contributed by atoms with Gasteiger partial charge in [-0.15, -0.1) is 0 Å². The average Bonchev–Trinajstić information content (AvgIpc) is 2.82. The van der Waals surface area contributed by atoms with Gasteiger partial charge in [-0.05, 0) is 68.3 Å². The average molecular weight is 346 g/mol. The first-order chi connectivity index (χ1) is 11.7. The maximum atomic E-state index is 12.2. The SMILES string of the molecule is CC(=O)[C@@H]1C[C@@H](O)[C@H]2[C@@H]3CCC4=CC(=O)CC[C@]4(C)[C@@H]3C[C@H](O)[C@@]21C. The van der Waals surface area contributed by atoms with Gasteiger partial charge < -0.3 is 10.2 Å². The normalized spacial score (nSPS) is 52.0. The molecule has 0 aromatic heterocycles. The molecule has 4 heteroatoms. The van der Waals surface area contributed by atoms with Crippen molar-refractivity contribution in [1.82, 2.24) is 0 Å². The maximum absolute atomic E-state index is 12.2. The minimum atomic E-state index is -0.571. The van der Waals surface area contributed by atoms with Crippen molar-refractivity contribution < 1.29 is 19.8 Å². The number of ketones is 2. The molecule has 0 aliphatic heterocycles. The first-order valence-electron chi connectivity index (χ1n) is 9.80. The van der Waals surface area contributed by atoms with E-state index in [1.54, 1.807) is 6.92 Å². The quantitative estimate of drug-likeness (QED) is 0.765. The fourth-order valence-corrected chi connectivity index (χ4v) is 7.20. The molecule has 138 valence electrons. The van der Waals surface area contributed by atoms with Crippen LogP contribution in [0.15, 0.2) is 11.6 Å². The Labute approximate surface area is 149 Å². The van der Waals surface area contributed by atoms with Crippen LogP contribution < -0.4 is 0 Å². The van der Waals surface area contributed by atoms with Crippen LogP contribution in [-0.4, -0.2) is 34.0 Å². The summed E-state index contributed by atoms with van der Waals surface area (Å²) < 4.78 is 0. The van der Waals surface area contributed by atoms with Crippen LogP contribution >= 0.6 is 0 Å². The summed E-state index contributed by atoms with van der Waals surface area (Å²) >= 11 is 0. The summed E-state index contributed by atoms with van der Waals surface area (Å²) in [4.78, 5) is 24.1. The number of fused-ring (bicyclic) bond motifs is 5. The molecule has 0 saturated heterocycles. The molecule has 0 spiro atoms. The molecule has 0 aromatic carbocycles. The first-order valence-corrected chi connectivity index (χ1v) is 9.80. The van der Waals surface area contributed by atoms with E-state index in [1.165, 1.54) is 5.57 Å². The van der Waals surface area contributed by atoms with Gasteiger partial charge in [0.25, 0.3) is 0 Å². The number of hydrogen-bond donors (Lipinski definition) is 2. The van der Waals surface area contributed by atoms with Crippen LogP contribution in [0, 0.1) is 34.5 Å². The summed E-state index contributed by atoms with van der Waals surface area (Å²) in [5.74, 6) is 0.654. The lowest BCUT2D eigenvalue weighted by atomic mass is 9.45. The summed E-state index contributed by atoms with van der Waals surface area (Å²) in [6.07, 6.45) is 5.21. The van der Waals surface area contributed by atoms with Gasteiger partial charge in [0, 0.05) is 17.8 Å². The number of aliphatic hydroxyl groups is 2. The Bertz CT molecular complexity index is 652. The topological polar surface area (TPSA) is 74.6 Å². The third-order valence-corrected chi connectivity index (χ3v) is 8.55. The molecular formula is C21H30O4. The molecule has 3 fully saturated rings. The highest BCUT2D eigenvalue weighted by Gasteiger charge is 2.65. The van der Waals surface area contributed by atoms with E-state index < -0.39 is 17.6 Å². The summed E-state index contributed by atoms with van der Waals surface area (Å²) in [5, 5.41) is 22.0. The van der Waals surface area contributed by atoms with E-state index in [-0.39, 0.29) is 34.7 Å². The van der Waals surface area contributed by atoms with Gasteiger partial charge in [-0.3, -0.25) is 9.59 Å². The molecule has 0 radical (unpaired) electrons. The molecule has 4 nitrogen and oxygen atoms in total. The van der Waals surface area contributed by atoms with Crippen molar-refractivity contribution in [3.63, 3.8) is 0 Å². The predicted molar refractivity (Wildman–Crippen MR) is 93.7 cm³/mol. The molecule has 0 unspecified atom stereocenters. The van der Waals surface area contributed by atoms with Crippen LogP contribution in [0.1, 0.15) is 59.3 Å². The summed E-state index contributed by atoms with van der Waals surface area (Å²) in [5.41, 5.74) is 0.679. The highest BCUT2D eigenvalue weighted by molar-refractivity contribution is 5.91. The molecule has 4 aliphatic rings. The molecule has 0 aromatic rings. The minimum absolute atomic E-state index is 0.0221. The van der Waals surface area contributed by atoms with Crippen LogP contribution in [0.4, 0.5) is 0 Å². The van der Waals surface area contributed by atoms with Gasteiger partial charge in [0.05, 0.1) is 12.2 Å². The standard InChI is InChI=1S/C21H30O4/c1-11(22)15-9-17(24)19-14-5-4-12-8-13(23)6-7-20(12,2)16(14)10-18(25)21(15,19)3/h8,14-19,24-25H,4-7,9-10H2,1-3H3/t14-,15+,16-,17-,18+,19-,20+,21+/m1/s1. The third-order valence-electron chi connectivity index (χ3n) is 8.55. The van der Waals surface area contributed by atoms with E-state index in [0.29, 0.717) is 25.2 Å². The fourth-order valence-electron chi connectivity index (χ4n) is 7.20. The van der Waals surface area contributed by atoms with Gasteiger partial charge in [0.15, 0.2) is 5.78 Å². The Morgan fingerprint density at radius 2 is 1.92 bits per heavy atom. The van der Waals surface area contributed by atoms with Crippen molar-refractivity contribution in [2.75, 3.05) is 0 Å². The van der Waals surface area contributed by atoms with E-state index in [1.807, 2.05) is 13.0 Å². The van der Waals surface area contributed by atoms with Crippen molar-refractivity contribution >= 4 is 11.6 Å². The Morgan fingerprint density at radius 3 is 2.60 bits per heavy atom. The Morgan fingerprint density at radius 1 is 1.20 bits per heavy atom. The Balaban J connectivity index is 1.75. The molecule has 0 amide bonds. The van der Waals surface area contributed by atoms with Crippen LogP contribution in [0.3, 0.4) is 0 Å². The molecule has 2 N–H and O–H groups in total. The number of aliphatic hydroxyl groups excluding tert-OH is 2. The monoisotopic (exact) mass is 346 g/mol. The van der Waals surface area contributed by atoms with Crippen molar-refractivity contribution in [3.05, 3.63) is 11.6 Å². The van der Waals surface area contributed by atoms with Crippen LogP contribution in [0.2, 0.25) is 0 Å². The second-order valence-electron chi connectivity index (χ2n) is 9.47. The minimum Gasteiger partial charge on any atom is -0.393 e.